The Morgan fingerprint density at radius 1 is 0.849 bits per heavy atom. The molecule has 5 amide bonds. The Labute approximate surface area is 305 Å². The van der Waals surface area contributed by atoms with E-state index in [1.54, 1.807) is 42.5 Å². The lowest BCUT2D eigenvalue weighted by Crippen LogP contribution is -2.55. The number of aryl methyl sites for hydroxylation is 1. The first-order chi connectivity index (χ1) is 25.5. The van der Waals surface area contributed by atoms with Gasteiger partial charge in [0.25, 0.3) is 0 Å². The minimum absolute atomic E-state index is 0.00274. The molecule has 0 aliphatic carbocycles. The van der Waals surface area contributed by atoms with Gasteiger partial charge in [0.05, 0.1) is 13.1 Å². The van der Waals surface area contributed by atoms with E-state index < -0.39 is 66.7 Å². The summed E-state index contributed by atoms with van der Waals surface area (Å²) in [6.45, 7) is -0.919. The number of aromatic amines is 1. The van der Waals surface area contributed by atoms with Crippen LogP contribution in [0.1, 0.15) is 35.2 Å². The molecule has 15 nitrogen and oxygen atoms in total. The van der Waals surface area contributed by atoms with E-state index in [2.05, 4.69) is 26.3 Å². The molecule has 278 valence electrons. The number of amides is 5. The van der Waals surface area contributed by atoms with Gasteiger partial charge in [-0.15, -0.1) is 0 Å². The van der Waals surface area contributed by atoms with Gasteiger partial charge >= 0.3 is 5.97 Å². The van der Waals surface area contributed by atoms with Gasteiger partial charge in [-0.05, 0) is 47.7 Å². The fourth-order valence-electron chi connectivity index (χ4n) is 6.32. The second-order valence-electron chi connectivity index (χ2n) is 12.9. The number of nitrogens with one attached hydrogen (secondary N) is 5. The number of hydrogen-bond acceptors (Lipinski definition) is 8. The van der Waals surface area contributed by atoms with Crippen molar-refractivity contribution in [1.29, 1.82) is 0 Å². The largest absolute Gasteiger partial charge is 0.508 e. The highest BCUT2D eigenvalue weighted by atomic mass is 16.4. The molecule has 3 atom stereocenters. The van der Waals surface area contributed by atoms with E-state index in [0.29, 0.717) is 17.5 Å². The molecule has 9 N–H and O–H groups in total. The standard InChI is InChI=1S/C38H43N7O8/c39-17-16-33(47)43-30(18-24-10-12-25(46)13-11-24)36(50)40-20-34(48)42-29-15-14-27-26-8-4-5-9-28(26)41-32(27)21-45(37(29)51)22-35(49)44-31(38(52)53)19-23-6-2-1-3-7-23/h1-13,29-31,41,46H,14-22,39H2,(H,40,50)(H,42,48)(H,43,47)(H,44,49)(H,52,53)/t29-,30-,31-/m0/s1. The van der Waals surface area contributed by atoms with Gasteiger partial charge in [0.1, 0.15) is 30.4 Å². The van der Waals surface area contributed by atoms with E-state index >= 15 is 0 Å². The molecule has 15 heteroatoms. The molecule has 0 saturated carbocycles. The van der Waals surface area contributed by atoms with Crippen molar-refractivity contribution in [3.8, 4) is 5.75 Å². The van der Waals surface area contributed by atoms with Crippen LogP contribution in [0.5, 0.6) is 5.75 Å². The fraction of sp³-hybridized carbons (Fsp3) is 0.316. The summed E-state index contributed by atoms with van der Waals surface area (Å²) in [5.74, 6) is -4.21. The average Bonchev–Trinajstić information content (AvgIpc) is 3.48. The number of carbonyl (C=O) groups excluding carboxylic acids is 5. The van der Waals surface area contributed by atoms with Gasteiger partial charge < -0.3 is 47.1 Å². The van der Waals surface area contributed by atoms with E-state index in [1.165, 1.54) is 17.0 Å². The van der Waals surface area contributed by atoms with Crippen molar-refractivity contribution in [2.45, 2.75) is 56.8 Å². The molecule has 1 aliphatic heterocycles. The second kappa shape index (κ2) is 17.8. The number of para-hydroxylation sites is 1. The fourth-order valence-corrected chi connectivity index (χ4v) is 6.32. The Hall–Kier alpha value is -6.22. The number of carboxylic acid groups (broad SMARTS) is 1. The van der Waals surface area contributed by atoms with E-state index in [1.807, 2.05) is 24.3 Å². The Morgan fingerprint density at radius 3 is 2.23 bits per heavy atom. The highest BCUT2D eigenvalue weighted by Gasteiger charge is 2.33. The number of fused-ring (bicyclic) bond motifs is 3. The van der Waals surface area contributed by atoms with Crippen LogP contribution in [0.25, 0.3) is 10.9 Å². The third kappa shape index (κ3) is 10.4. The van der Waals surface area contributed by atoms with Crippen LogP contribution in [0.3, 0.4) is 0 Å². The number of nitrogens with zero attached hydrogens (tertiary/aromatic N) is 1. The molecule has 0 spiro atoms. The monoisotopic (exact) mass is 725 g/mol. The number of benzene rings is 3. The van der Waals surface area contributed by atoms with Crippen LogP contribution in [0.4, 0.5) is 0 Å². The molecular weight excluding hydrogens is 682 g/mol. The van der Waals surface area contributed by atoms with E-state index in [9.17, 15) is 39.0 Å². The van der Waals surface area contributed by atoms with E-state index in [-0.39, 0.29) is 44.5 Å². The van der Waals surface area contributed by atoms with Crippen molar-refractivity contribution in [2.75, 3.05) is 19.6 Å². The lowest BCUT2D eigenvalue weighted by molar-refractivity contribution is -0.143. The smallest absolute Gasteiger partial charge is 0.326 e. The summed E-state index contributed by atoms with van der Waals surface area (Å²) in [5, 5.41) is 30.8. The lowest BCUT2D eigenvalue weighted by Gasteiger charge is -2.30. The normalized spacial score (nSPS) is 15.3. The molecule has 5 rings (SSSR count). The molecule has 0 radical (unpaired) electrons. The number of aliphatic carboxylic acids is 1. The van der Waals surface area contributed by atoms with Crippen LogP contribution in [-0.2, 0) is 54.6 Å². The number of nitrogens with two attached hydrogens (primary N) is 1. The van der Waals surface area contributed by atoms with Crippen molar-refractivity contribution in [3.63, 3.8) is 0 Å². The minimum Gasteiger partial charge on any atom is -0.508 e. The maximum atomic E-state index is 14.0. The summed E-state index contributed by atoms with van der Waals surface area (Å²) < 4.78 is 0. The number of aromatic nitrogens is 1. The van der Waals surface area contributed by atoms with Gasteiger partial charge in [-0.3, -0.25) is 24.0 Å². The SMILES string of the molecule is NCCC(=O)N[C@@H](Cc1ccc(O)cc1)C(=O)NCC(=O)N[C@H]1CCc2c([nH]c3ccccc23)CN(CC(=O)N[C@@H](Cc2ccccc2)C(=O)O)C1=O. The third-order valence-corrected chi connectivity index (χ3v) is 8.95. The first-order valence-corrected chi connectivity index (χ1v) is 17.3. The zero-order chi connectivity index (χ0) is 37.9. The molecular formula is C38H43N7O8. The zero-order valence-corrected chi connectivity index (χ0v) is 29.0. The molecule has 1 aliphatic rings. The molecule has 0 unspecified atom stereocenters. The first kappa shape index (κ1) is 38.0. The Kier molecular flexibility index (Phi) is 12.8. The summed E-state index contributed by atoms with van der Waals surface area (Å²) in [7, 11) is 0. The van der Waals surface area contributed by atoms with Gasteiger partial charge in [0, 0.05) is 42.4 Å². The summed E-state index contributed by atoms with van der Waals surface area (Å²) >= 11 is 0. The molecule has 3 aromatic carbocycles. The highest BCUT2D eigenvalue weighted by Crippen LogP contribution is 2.27. The topological polar surface area (TPSA) is 236 Å². The van der Waals surface area contributed by atoms with Gasteiger partial charge in [0.2, 0.25) is 29.5 Å². The van der Waals surface area contributed by atoms with Crippen LogP contribution < -0.4 is 27.0 Å². The van der Waals surface area contributed by atoms with Crippen LogP contribution in [-0.4, -0.2) is 93.4 Å². The van der Waals surface area contributed by atoms with Crippen LogP contribution in [0.2, 0.25) is 0 Å². The van der Waals surface area contributed by atoms with Crippen molar-refractivity contribution in [3.05, 3.63) is 101 Å². The zero-order valence-electron chi connectivity index (χ0n) is 29.0. The maximum Gasteiger partial charge on any atom is 0.326 e. The molecule has 2 heterocycles. The predicted molar refractivity (Wildman–Crippen MR) is 194 cm³/mol. The van der Waals surface area contributed by atoms with Crippen molar-refractivity contribution >= 4 is 46.4 Å². The number of phenols is 1. The number of H-pyrrole nitrogens is 1. The summed E-state index contributed by atoms with van der Waals surface area (Å²) in [6, 6.07) is 19.2. The Morgan fingerprint density at radius 2 is 1.51 bits per heavy atom. The predicted octanol–water partition coefficient (Wildman–Crippen LogP) is 0.638. The quantitative estimate of drug-likeness (QED) is 0.0857. The highest BCUT2D eigenvalue weighted by molar-refractivity contribution is 5.95. The van der Waals surface area contributed by atoms with Crippen molar-refractivity contribution in [1.82, 2.24) is 31.2 Å². The van der Waals surface area contributed by atoms with Crippen LogP contribution in [0.15, 0.2) is 78.9 Å². The molecule has 0 saturated heterocycles. The van der Waals surface area contributed by atoms with Gasteiger partial charge in [0.15, 0.2) is 0 Å². The second-order valence-corrected chi connectivity index (χ2v) is 12.9. The molecule has 0 bridgehead atoms. The number of phenolic OH excluding ortho intramolecular Hbond substituents is 1. The first-order valence-electron chi connectivity index (χ1n) is 17.3. The summed E-state index contributed by atoms with van der Waals surface area (Å²) in [5.41, 5.74) is 9.34. The van der Waals surface area contributed by atoms with E-state index in [4.69, 9.17) is 5.73 Å². The minimum atomic E-state index is -1.24. The Bertz CT molecular complexity index is 1950. The van der Waals surface area contributed by atoms with Crippen LogP contribution in [0, 0.1) is 0 Å². The molecule has 53 heavy (non-hydrogen) atoms. The molecule has 0 fully saturated rings. The third-order valence-electron chi connectivity index (χ3n) is 8.95. The number of hydrogen-bond donors (Lipinski definition) is 8. The van der Waals surface area contributed by atoms with Gasteiger partial charge in [-0.1, -0.05) is 60.7 Å². The number of rotatable bonds is 15. The van der Waals surface area contributed by atoms with E-state index in [0.717, 1.165) is 22.2 Å². The number of aromatic hydroxyl groups is 1. The Balaban J connectivity index is 1.29. The maximum absolute atomic E-state index is 14.0. The lowest BCUT2D eigenvalue weighted by atomic mass is 9.98. The number of carboxylic acids is 1. The van der Waals surface area contributed by atoms with Crippen molar-refractivity contribution in [2.24, 2.45) is 5.73 Å². The number of carbonyl (C=O) groups is 6. The summed E-state index contributed by atoms with van der Waals surface area (Å²) in [6.07, 6.45) is 0.695. The molecule has 1 aromatic heterocycles. The van der Waals surface area contributed by atoms with Gasteiger partial charge in [-0.25, -0.2) is 4.79 Å². The molecule has 4 aromatic rings. The van der Waals surface area contributed by atoms with Crippen molar-refractivity contribution < 1.29 is 39.0 Å². The van der Waals surface area contributed by atoms with Crippen LogP contribution >= 0.6 is 0 Å². The van der Waals surface area contributed by atoms with Gasteiger partial charge in [-0.2, -0.15) is 0 Å². The average molecular weight is 726 g/mol. The summed E-state index contributed by atoms with van der Waals surface area (Å²) in [4.78, 5) is 82.8.